The number of carbonyl (C=O) groups is 2. The summed E-state index contributed by atoms with van der Waals surface area (Å²) in [6.07, 6.45) is 4.54. The van der Waals surface area contributed by atoms with E-state index in [1.807, 2.05) is 48.5 Å². The molecule has 1 aliphatic rings. The molecule has 1 fully saturated rings. The molecule has 1 aliphatic carbocycles. The van der Waals surface area contributed by atoms with Gasteiger partial charge in [-0.3, -0.25) is 9.59 Å². The summed E-state index contributed by atoms with van der Waals surface area (Å²) >= 11 is 0. The van der Waals surface area contributed by atoms with Crippen LogP contribution < -0.4 is 20.4 Å². The van der Waals surface area contributed by atoms with Gasteiger partial charge in [0.05, 0.1) is 24.2 Å². The molecule has 1 saturated carbocycles. The quantitative estimate of drug-likeness (QED) is 0.154. The van der Waals surface area contributed by atoms with Crippen molar-refractivity contribution in [2.45, 2.75) is 78.1 Å². The van der Waals surface area contributed by atoms with E-state index in [9.17, 15) is 9.59 Å². The Kier molecular flexibility index (Phi) is 12.1. The topological polar surface area (TPSA) is 116 Å². The second-order valence-electron chi connectivity index (χ2n) is 12.4. The van der Waals surface area contributed by atoms with E-state index in [1.54, 1.807) is 0 Å². The van der Waals surface area contributed by atoms with Gasteiger partial charge in [0.25, 0.3) is 0 Å². The summed E-state index contributed by atoms with van der Waals surface area (Å²) in [6.45, 7) is 12.2. The van der Waals surface area contributed by atoms with Crippen molar-refractivity contribution in [3.05, 3.63) is 95.3 Å². The highest BCUT2D eigenvalue weighted by molar-refractivity contribution is 5.92. The van der Waals surface area contributed by atoms with E-state index < -0.39 is 0 Å². The van der Waals surface area contributed by atoms with E-state index >= 15 is 0 Å². The van der Waals surface area contributed by atoms with E-state index in [2.05, 4.69) is 92.8 Å². The summed E-state index contributed by atoms with van der Waals surface area (Å²) in [5, 5.41) is 23.5. The number of nitrogens with zero attached hydrogens (tertiary/aromatic N) is 6. The highest BCUT2D eigenvalue weighted by Gasteiger charge is 2.27. The van der Waals surface area contributed by atoms with Crippen LogP contribution in [0, 0.1) is 0 Å². The molecule has 48 heavy (non-hydrogen) atoms. The van der Waals surface area contributed by atoms with Gasteiger partial charge in [-0.2, -0.15) is 10.2 Å². The number of aromatic nitrogens is 4. The lowest BCUT2D eigenvalue weighted by molar-refractivity contribution is -0.116. The van der Waals surface area contributed by atoms with Crippen LogP contribution in [-0.2, 0) is 22.4 Å². The first-order valence-corrected chi connectivity index (χ1v) is 17.3. The number of amides is 2. The average molecular weight is 649 g/mol. The van der Waals surface area contributed by atoms with E-state index in [-0.39, 0.29) is 36.5 Å². The molecule has 2 unspecified atom stereocenters. The second-order valence-corrected chi connectivity index (χ2v) is 12.4. The van der Waals surface area contributed by atoms with Crippen molar-refractivity contribution >= 4 is 34.8 Å². The number of carbonyl (C=O) groups excluding carboxylic acids is 2. The van der Waals surface area contributed by atoms with Gasteiger partial charge in [0.1, 0.15) is 0 Å². The van der Waals surface area contributed by atoms with Gasteiger partial charge >= 0.3 is 0 Å². The SMILES string of the molecule is CCN(CC)c1cccc(CC(=O)Nc2ccc(C3CCCC(c4ccc(NC(=O)Cc5cccc(N(CC)CC)c5)nn4)C3)nn2)c1. The molecule has 2 N–H and O–H groups in total. The Morgan fingerprint density at radius 2 is 1.06 bits per heavy atom. The Morgan fingerprint density at radius 1 is 0.625 bits per heavy atom. The van der Waals surface area contributed by atoms with Gasteiger partial charge in [-0.05, 0) is 107 Å². The minimum atomic E-state index is -0.116. The molecule has 10 heteroatoms. The number of anilines is 4. The van der Waals surface area contributed by atoms with Crippen molar-refractivity contribution in [3.8, 4) is 0 Å². The van der Waals surface area contributed by atoms with Gasteiger partial charge in [0.2, 0.25) is 11.8 Å². The van der Waals surface area contributed by atoms with Crippen LogP contribution >= 0.6 is 0 Å². The number of benzene rings is 2. The molecule has 2 heterocycles. The molecule has 0 saturated heterocycles. The number of hydrogen-bond donors (Lipinski definition) is 2. The highest BCUT2D eigenvalue weighted by Crippen LogP contribution is 2.40. The number of rotatable bonds is 14. The first-order chi connectivity index (χ1) is 23.4. The smallest absolute Gasteiger partial charge is 0.229 e. The van der Waals surface area contributed by atoms with Gasteiger partial charge in [0, 0.05) is 49.4 Å². The molecule has 0 spiro atoms. The first kappa shape index (κ1) is 34.5. The van der Waals surface area contributed by atoms with Crippen molar-refractivity contribution in [2.24, 2.45) is 0 Å². The predicted molar refractivity (Wildman–Crippen MR) is 193 cm³/mol. The predicted octanol–water partition coefficient (Wildman–Crippen LogP) is 6.76. The summed E-state index contributed by atoms with van der Waals surface area (Å²) in [5.74, 6) is 1.17. The molecule has 2 aromatic heterocycles. The number of nitrogens with one attached hydrogen (secondary N) is 2. The summed E-state index contributed by atoms with van der Waals surface area (Å²) in [5.41, 5.74) is 6.02. The monoisotopic (exact) mass is 648 g/mol. The van der Waals surface area contributed by atoms with Crippen LogP contribution in [-0.4, -0.2) is 58.4 Å². The van der Waals surface area contributed by atoms with Crippen LogP contribution in [0.25, 0.3) is 0 Å². The zero-order valence-corrected chi connectivity index (χ0v) is 28.7. The molecule has 5 rings (SSSR count). The van der Waals surface area contributed by atoms with Crippen LogP contribution in [0.5, 0.6) is 0 Å². The van der Waals surface area contributed by atoms with E-state index in [4.69, 9.17) is 0 Å². The fraction of sp³-hybridized carbons (Fsp3) is 0.421. The Balaban J connectivity index is 1.12. The van der Waals surface area contributed by atoms with Gasteiger partial charge in [0.15, 0.2) is 11.6 Å². The Hall–Kier alpha value is -4.86. The molecule has 0 aliphatic heterocycles. The van der Waals surface area contributed by atoms with E-state index in [0.29, 0.717) is 11.6 Å². The molecule has 252 valence electrons. The van der Waals surface area contributed by atoms with E-state index in [1.165, 1.54) is 0 Å². The number of hydrogen-bond acceptors (Lipinski definition) is 8. The lowest BCUT2D eigenvalue weighted by Crippen LogP contribution is -2.22. The molecular formula is C38H48N8O2. The van der Waals surface area contributed by atoms with Gasteiger partial charge in [-0.25, -0.2) is 0 Å². The van der Waals surface area contributed by atoms with E-state index in [0.717, 1.165) is 85.8 Å². The van der Waals surface area contributed by atoms with Crippen molar-refractivity contribution in [3.63, 3.8) is 0 Å². The molecule has 4 aromatic rings. The summed E-state index contributed by atoms with van der Waals surface area (Å²) < 4.78 is 0. The largest absolute Gasteiger partial charge is 0.372 e. The van der Waals surface area contributed by atoms with Gasteiger partial charge in [-0.15, -0.1) is 10.2 Å². The maximum Gasteiger partial charge on any atom is 0.229 e. The minimum Gasteiger partial charge on any atom is -0.372 e. The minimum absolute atomic E-state index is 0.116. The van der Waals surface area contributed by atoms with Gasteiger partial charge in [-0.1, -0.05) is 30.7 Å². The fourth-order valence-electron chi connectivity index (χ4n) is 6.63. The molecule has 10 nitrogen and oxygen atoms in total. The highest BCUT2D eigenvalue weighted by atomic mass is 16.2. The van der Waals surface area contributed by atoms with Gasteiger partial charge < -0.3 is 20.4 Å². The Bertz CT molecular complexity index is 1510. The van der Waals surface area contributed by atoms with Crippen molar-refractivity contribution in [1.29, 1.82) is 0 Å². The summed E-state index contributed by atoms with van der Waals surface area (Å²) in [6, 6.07) is 23.9. The molecule has 2 atom stereocenters. The Morgan fingerprint density at radius 3 is 1.44 bits per heavy atom. The average Bonchev–Trinajstić information content (AvgIpc) is 3.10. The van der Waals surface area contributed by atoms with Crippen LogP contribution in [0.2, 0.25) is 0 Å². The van der Waals surface area contributed by atoms with Crippen LogP contribution in [0.3, 0.4) is 0 Å². The third-order valence-electron chi connectivity index (χ3n) is 9.22. The maximum atomic E-state index is 12.8. The molecule has 2 amide bonds. The third kappa shape index (κ3) is 9.14. The molecule has 0 radical (unpaired) electrons. The summed E-state index contributed by atoms with van der Waals surface area (Å²) in [7, 11) is 0. The van der Waals surface area contributed by atoms with Crippen molar-refractivity contribution < 1.29 is 9.59 Å². The fourth-order valence-corrected chi connectivity index (χ4v) is 6.63. The molecule has 2 aromatic carbocycles. The molecule has 0 bridgehead atoms. The maximum absolute atomic E-state index is 12.8. The lowest BCUT2D eigenvalue weighted by atomic mass is 9.78. The van der Waals surface area contributed by atoms with Crippen LogP contribution in [0.4, 0.5) is 23.0 Å². The normalized spacial score (nSPS) is 15.8. The van der Waals surface area contributed by atoms with Crippen LogP contribution in [0.15, 0.2) is 72.8 Å². The van der Waals surface area contributed by atoms with Crippen LogP contribution in [0.1, 0.15) is 87.7 Å². The van der Waals surface area contributed by atoms with Crippen molar-refractivity contribution in [1.82, 2.24) is 20.4 Å². The first-order valence-electron chi connectivity index (χ1n) is 17.3. The Labute approximate surface area is 284 Å². The third-order valence-corrected chi connectivity index (χ3v) is 9.22. The molecular weight excluding hydrogens is 600 g/mol. The summed E-state index contributed by atoms with van der Waals surface area (Å²) in [4.78, 5) is 30.1. The standard InChI is InChI=1S/C38H48N8O2/c1-5-45(6-2)31-16-9-12-27(22-31)24-37(47)39-35-20-18-33(41-43-35)29-14-11-15-30(26-29)34-19-21-36(44-42-34)40-38(48)25-28-13-10-17-32(23-28)46(7-3)8-4/h9-10,12-13,16-23,29-30H,5-8,11,14-15,24-26H2,1-4H3,(H,39,43,47)(H,40,44,48). The zero-order valence-electron chi connectivity index (χ0n) is 28.7. The second kappa shape index (κ2) is 16.8. The zero-order chi connectivity index (χ0) is 33.9. The van der Waals surface area contributed by atoms with Crippen molar-refractivity contribution in [2.75, 3.05) is 46.6 Å². The lowest BCUT2D eigenvalue weighted by Gasteiger charge is -2.28.